The first-order valence-corrected chi connectivity index (χ1v) is 11.1. The summed E-state index contributed by atoms with van der Waals surface area (Å²) in [5, 5.41) is 14.5. The van der Waals surface area contributed by atoms with Crippen LogP contribution in [0.15, 0.2) is 115 Å². The third kappa shape index (κ3) is 3.39. The molecule has 4 rings (SSSR count). The van der Waals surface area contributed by atoms with Crippen molar-refractivity contribution in [3.8, 4) is 5.75 Å². The molecule has 0 bridgehead atoms. The van der Waals surface area contributed by atoms with Gasteiger partial charge in [-0.15, -0.1) is 0 Å². The van der Waals surface area contributed by atoms with E-state index in [1.54, 1.807) is 6.07 Å². The molecule has 0 spiro atoms. The molecule has 0 atom stereocenters. The van der Waals surface area contributed by atoms with Crippen LogP contribution in [0.2, 0.25) is 0 Å². The summed E-state index contributed by atoms with van der Waals surface area (Å²) in [5.74, 6) is 0.370. The number of hydrogen-bond donors (Lipinski definition) is 1. The zero-order valence-corrected chi connectivity index (χ0v) is 16.0. The predicted octanol–water partition coefficient (Wildman–Crippen LogP) is 4.89. The Labute approximate surface area is 161 Å². The van der Waals surface area contributed by atoms with Gasteiger partial charge in [-0.2, -0.15) is 0 Å². The van der Waals surface area contributed by atoms with E-state index in [0.29, 0.717) is 5.75 Å². The van der Waals surface area contributed by atoms with Crippen molar-refractivity contribution < 1.29 is 5.11 Å². The average molecular weight is 369 g/mol. The lowest BCUT2D eigenvalue weighted by atomic mass is 10.2. The lowest BCUT2D eigenvalue weighted by Gasteiger charge is -2.28. The third-order valence-electron chi connectivity index (χ3n) is 4.95. The summed E-state index contributed by atoms with van der Waals surface area (Å²) in [7, 11) is -2.06. The molecule has 0 radical (unpaired) electrons. The first-order valence-electron chi connectivity index (χ1n) is 9.12. The molecule has 2 heteroatoms. The summed E-state index contributed by atoms with van der Waals surface area (Å²) in [6.45, 7) is 0. The topological polar surface area (TPSA) is 20.2 Å². The number of para-hydroxylation sites is 1. The van der Waals surface area contributed by atoms with Gasteiger partial charge in [0.1, 0.15) is 23.2 Å². The van der Waals surface area contributed by atoms with E-state index < -0.39 is 7.26 Å². The van der Waals surface area contributed by atoms with E-state index in [1.165, 1.54) is 16.2 Å². The Hall–Kier alpha value is -2.89. The number of phenolic OH excluding ortho intramolecular Hbond substituents is 1. The Balaban J connectivity index is 2.04. The monoisotopic (exact) mass is 369 g/mol. The van der Waals surface area contributed by atoms with Gasteiger partial charge in [0.15, 0.2) is 5.75 Å². The Morgan fingerprint density at radius 2 is 0.963 bits per heavy atom. The molecule has 1 nitrogen and oxygen atoms in total. The molecule has 4 aromatic rings. The van der Waals surface area contributed by atoms with Crippen molar-refractivity contribution in [1.29, 1.82) is 0 Å². The summed E-state index contributed by atoms with van der Waals surface area (Å²) in [6.07, 6.45) is 0.874. The first-order chi connectivity index (χ1) is 13.3. The summed E-state index contributed by atoms with van der Waals surface area (Å²) >= 11 is 0. The van der Waals surface area contributed by atoms with E-state index in [9.17, 15) is 5.11 Å². The zero-order chi connectivity index (χ0) is 18.5. The van der Waals surface area contributed by atoms with E-state index in [1.807, 2.05) is 12.1 Å². The van der Waals surface area contributed by atoms with Crippen LogP contribution in [0, 0.1) is 0 Å². The maximum absolute atomic E-state index is 10.9. The average Bonchev–Trinajstić information content (AvgIpc) is 2.75. The molecular weight excluding hydrogens is 347 g/mol. The van der Waals surface area contributed by atoms with Gasteiger partial charge < -0.3 is 5.11 Å². The molecule has 27 heavy (non-hydrogen) atoms. The molecule has 4 aromatic carbocycles. The van der Waals surface area contributed by atoms with Crippen molar-refractivity contribution in [2.75, 3.05) is 0 Å². The van der Waals surface area contributed by atoms with Crippen LogP contribution in [0.3, 0.4) is 0 Å². The number of phenols is 1. The van der Waals surface area contributed by atoms with Crippen LogP contribution in [-0.2, 0) is 6.16 Å². The Kier molecular flexibility index (Phi) is 5.05. The second kappa shape index (κ2) is 7.78. The van der Waals surface area contributed by atoms with Gasteiger partial charge in [0.2, 0.25) is 0 Å². The van der Waals surface area contributed by atoms with Crippen LogP contribution in [0.5, 0.6) is 5.75 Å². The number of rotatable bonds is 5. The third-order valence-corrected chi connectivity index (χ3v) is 9.35. The second-order valence-electron chi connectivity index (χ2n) is 6.61. The van der Waals surface area contributed by atoms with E-state index in [-0.39, 0.29) is 0 Å². The standard InChI is InChI=1S/C25H21OP/c26-24-18-10-11-19-25(24)27(22-14-6-2-7-15-22,23-16-8-3-9-17-23)20-21-12-4-1-5-13-21/h1-19H,20H2/p+1. The number of hydrogen-bond acceptors (Lipinski definition) is 1. The fourth-order valence-corrected chi connectivity index (χ4v) is 8.02. The molecule has 0 saturated heterocycles. The van der Waals surface area contributed by atoms with Crippen molar-refractivity contribution in [3.63, 3.8) is 0 Å². The van der Waals surface area contributed by atoms with Gasteiger partial charge >= 0.3 is 0 Å². The number of aromatic hydroxyl groups is 1. The Bertz CT molecular complexity index is 958. The predicted molar refractivity (Wildman–Crippen MR) is 117 cm³/mol. The van der Waals surface area contributed by atoms with Crippen molar-refractivity contribution >= 4 is 23.2 Å². The minimum Gasteiger partial charge on any atom is -0.504 e. The highest BCUT2D eigenvalue weighted by atomic mass is 31.2. The van der Waals surface area contributed by atoms with Crippen LogP contribution < -0.4 is 15.9 Å². The van der Waals surface area contributed by atoms with E-state index in [4.69, 9.17) is 0 Å². The van der Waals surface area contributed by atoms with E-state index in [0.717, 1.165) is 11.5 Å². The highest BCUT2D eigenvalue weighted by molar-refractivity contribution is 7.95. The SMILES string of the molecule is Oc1ccccc1[P+](Cc1ccccc1)(c1ccccc1)c1ccccc1. The first kappa shape index (κ1) is 17.5. The Morgan fingerprint density at radius 3 is 1.48 bits per heavy atom. The van der Waals surface area contributed by atoms with Gasteiger partial charge in [-0.3, -0.25) is 0 Å². The van der Waals surface area contributed by atoms with Crippen LogP contribution in [0.4, 0.5) is 0 Å². The van der Waals surface area contributed by atoms with Gasteiger partial charge in [0.05, 0.1) is 6.16 Å². The van der Waals surface area contributed by atoms with Gasteiger partial charge in [-0.1, -0.05) is 78.9 Å². The van der Waals surface area contributed by atoms with Crippen LogP contribution >= 0.6 is 7.26 Å². The minimum absolute atomic E-state index is 0.370. The smallest absolute Gasteiger partial charge is 0.158 e. The quantitative estimate of drug-likeness (QED) is 0.497. The zero-order valence-electron chi connectivity index (χ0n) is 15.1. The molecule has 0 heterocycles. The summed E-state index contributed by atoms with van der Waals surface area (Å²) < 4.78 is 0. The van der Waals surface area contributed by atoms with E-state index in [2.05, 4.69) is 97.1 Å². The molecule has 0 aromatic heterocycles. The molecule has 0 fully saturated rings. The van der Waals surface area contributed by atoms with Crippen LogP contribution in [0.25, 0.3) is 0 Å². The molecule has 0 aliphatic heterocycles. The maximum Gasteiger partial charge on any atom is 0.158 e. The molecule has 0 aliphatic carbocycles. The molecular formula is C25H22OP+. The van der Waals surface area contributed by atoms with Gasteiger partial charge in [0.25, 0.3) is 0 Å². The fourth-order valence-electron chi connectivity index (χ4n) is 3.70. The lowest BCUT2D eigenvalue weighted by Crippen LogP contribution is -2.32. The Morgan fingerprint density at radius 1 is 0.519 bits per heavy atom. The molecule has 0 aliphatic rings. The van der Waals surface area contributed by atoms with Crippen molar-refractivity contribution in [2.45, 2.75) is 6.16 Å². The van der Waals surface area contributed by atoms with Crippen LogP contribution in [-0.4, -0.2) is 5.11 Å². The van der Waals surface area contributed by atoms with Crippen molar-refractivity contribution in [2.24, 2.45) is 0 Å². The highest BCUT2D eigenvalue weighted by Crippen LogP contribution is 2.59. The van der Waals surface area contributed by atoms with Crippen molar-refractivity contribution in [3.05, 3.63) is 121 Å². The van der Waals surface area contributed by atoms with Crippen LogP contribution in [0.1, 0.15) is 5.56 Å². The molecule has 0 amide bonds. The summed E-state index contributed by atoms with van der Waals surface area (Å²) in [4.78, 5) is 0. The van der Waals surface area contributed by atoms with E-state index >= 15 is 0 Å². The maximum atomic E-state index is 10.9. The second-order valence-corrected chi connectivity index (χ2v) is 10.1. The lowest BCUT2D eigenvalue weighted by molar-refractivity contribution is 0.479. The summed E-state index contributed by atoms with van der Waals surface area (Å²) in [6, 6.07) is 39.7. The molecule has 1 N–H and O–H groups in total. The van der Waals surface area contributed by atoms with Gasteiger partial charge in [-0.25, -0.2) is 0 Å². The van der Waals surface area contributed by atoms with Crippen molar-refractivity contribution in [1.82, 2.24) is 0 Å². The minimum atomic E-state index is -2.06. The van der Waals surface area contributed by atoms with Gasteiger partial charge in [-0.05, 0) is 42.0 Å². The number of benzene rings is 4. The summed E-state index contributed by atoms with van der Waals surface area (Å²) in [5.41, 5.74) is 1.28. The van der Waals surface area contributed by atoms with Gasteiger partial charge in [0, 0.05) is 0 Å². The molecule has 0 saturated carbocycles. The normalized spacial score (nSPS) is 11.3. The molecule has 0 unspecified atom stereocenters. The highest BCUT2D eigenvalue weighted by Gasteiger charge is 2.47. The largest absolute Gasteiger partial charge is 0.504 e. The fraction of sp³-hybridized carbons (Fsp3) is 0.0400. The molecule has 132 valence electrons.